The number of ether oxygens (including phenoxy) is 1. The van der Waals surface area contributed by atoms with E-state index in [1.807, 2.05) is 43.3 Å². The second-order valence-electron chi connectivity index (χ2n) is 4.21. The van der Waals surface area contributed by atoms with E-state index in [0.717, 1.165) is 15.8 Å². The first kappa shape index (κ1) is 15.3. The van der Waals surface area contributed by atoms with E-state index in [9.17, 15) is 4.79 Å². The van der Waals surface area contributed by atoms with Gasteiger partial charge in [0.05, 0.1) is 12.8 Å². The van der Waals surface area contributed by atoms with Gasteiger partial charge in [-0.3, -0.25) is 4.79 Å². The fourth-order valence-corrected chi connectivity index (χ4v) is 1.91. The third kappa shape index (κ3) is 4.72. The summed E-state index contributed by atoms with van der Waals surface area (Å²) in [6.07, 6.45) is 1.59. The second-order valence-corrected chi connectivity index (χ2v) is 5.12. The number of hydrogen-bond donors (Lipinski definition) is 1. The molecule has 0 unspecified atom stereocenters. The van der Waals surface area contributed by atoms with E-state index >= 15 is 0 Å². The number of nitrogens with one attached hydrogen (secondary N) is 1. The van der Waals surface area contributed by atoms with Crippen LogP contribution in [0.3, 0.4) is 0 Å². The maximum absolute atomic E-state index is 11.8. The molecule has 0 heterocycles. The molecule has 0 saturated carbocycles. The molecule has 0 aliphatic carbocycles. The van der Waals surface area contributed by atoms with Gasteiger partial charge in [0, 0.05) is 10.0 Å². The van der Waals surface area contributed by atoms with Crippen LogP contribution in [0, 0.1) is 0 Å². The van der Waals surface area contributed by atoms with E-state index in [2.05, 4.69) is 26.5 Å². The molecule has 1 N–H and O–H groups in total. The van der Waals surface area contributed by atoms with Crippen LogP contribution in [-0.4, -0.2) is 18.7 Å². The Hall–Kier alpha value is -2.14. The van der Waals surface area contributed by atoms with Crippen LogP contribution in [-0.2, 0) is 0 Å². The van der Waals surface area contributed by atoms with Crippen LogP contribution in [0.15, 0.2) is 58.1 Å². The first-order valence-electron chi connectivity index (χ1n) is 6.51. The Bertz CT molecular complexity index is 622. The SMILES string of the molecule is CCOc1ccc(/C=N\NC(=O)c2ccc(Br)cc2)cc1. The van der Waals surface area contributed by atoms with Crippen LogP contribution >= 0.6 is 15.9 Å². The van der Waals surface area contributed by atoms with Gasteiger partial charge in [-0.15, -0.1) is 0 Å². The van der Waals surface area contributed by atoms with E-state index in [4.69, 9.17) is 4.74 Å². The molecule has 5 heteroatoms. The van der Waals surface area contributed by atoms with Crippen LogP contribution in [0.5, 0.6) is 5.75 Å². The lowest BCUT2D eigenvalue weighted by atomic mass is 10.2. The van der Waals surface area contributed by atoms with Crippen LogP contribution in [0.2, 0.25) is 0 Å². The number of amides is 1. The lowest BCUT2D eigenvalue weighted by Crippen LogP contribution is -2.17. The number of hydrogen-bond acceptors (Lipinski definition) is 3. The zero-order valence-corrected chi connectivity index (χ0v) is 13.1. The van der Waals surface area contributed by atoms with Gasteiger partial charge in [-0.05, 0) is 61.0 Å². The Balaban J connectivity index is 1.92. The average molecular weight is 347 g/mol. The van der Waals surface area contributed by atoms with Gasteiger partial charge in [-0.25, -0.2) is 5.43 Å². The van der Waals surface area contributed by atoms with Crippen LogP contribution in [0.4, 0.5) is 0 Å². The summed E-state index contributed by atoms with van der Waals surface area (Å²) in [5, 5.41) is 3.94. The zero-order chi connectivity index (χ0) is 15.1. The molecule has 0 aliphatic rings. The molecule has 0 atom stereocenters. The second kappa shape index (κ2) is 7.59. The van der Waals surface area contributed by atoms with Gasteiger partial charge in [0.15, 0.2) is 0 Å². The molecule has 0 aromatic heterocycles. The van der Waals surface area contributed by atoms with Gasteiger partial charge in [-0.1, -0.05) is 15.9 Å². The molecule has 2 aromatic carbocycles. The highest BCUT2D eigenvalue weighted by molar-refractivity contribution is 9.10. The summed E-state index contributed by atoms with van der Waals surface area (Å²) in [7, 11) is 0. The minimum atomic E-state index is -0.246. The summed E-state index contributed by atoms with van der Waals surface area (Å²) in [5.74, 6) is 0.568. The molecule has 4 nitrogen and oxygen atoms in total. The quantitative estimate of drug-likeness (QED) is 0.664. The molecule has 21 heavy (non-hydrogen) atoms. The monoisotopic (exact) mass is 346 g/mol. The first-order valence-corrected chi connectivity index (χ1v) is 7.30. The Morgan fingerprint density at radius 1 is 1.19 bits per heavy atom. The van der Waals surface area contributed by atoms with Gasteiger partial charge in [-0.2, -0.15) is 5.10 Å². The summed E-state index contributed by atoms with van der Waals surface area (Å²) in [4.78, 5) is 11.8. The van der Waals surface area contributed by atoms with Crippen molar-refractivity contribution in [3.63, 3.8) is 0 Å². The number of benzene rings is 2. The smallest absolute Gasteiger partial charge is 0.271 e. The molecule has 108 valence electrons. The van der Waals surface area contributed by atoms with Gasteiger partial charge in [0.2, 0.25) is 0 Å². The predicted octanol–water partition coefficient (Wildman–Crippen LogP) is 3.61. The maximum Gasteiger partial charge on any atom is 0.271 e. The van der Waals surface area contributed by atoms with Crippen molar-refractivity contribution >= 4 is 28.1 Å². The minimum absolute atomic E-state index is 0.246. The Morgan fingerprint density at radius 3 is 2.48 bits per heavy atom. The minimum Gasteiger partial charge on any atom is -0.494 e. The summed E-state index contributed by atoms with van der Waals surface area (Å²) >= 11 is 3.32. The topological polar surface area (TPSA) is 50.7 Å². The predicted molar refractivity (Wildman–Crippen MR) is 86.8 cm³/mol. The third-order valence-electron chi connectivity index (χ3n) is 2.68. The number of rotatable bonds is 5. The molecule has 2 aromatic rings. The average Bonchev–Trinajstić information content (AvgIpc) is 2.50. The molecule has 0 aliphatic heterocycles. The summed E-state index contributed by atoms with van der Waals surface area (Å²) in [6, 6.07) is 14.6. The van der Waals surface area contributed by atoms with Crippen molar-refractivity contribution in [2.75, 3.05) is 6.61 Å². The molecule has 0 bridgehead atoms. The van der Waals surface area contributed by atoms with E-state index < -0.39 is 0 Å². The van der Waals surface area contributed by atoms with Gasteiger partial charge in [0.1, 0.15) is 5.75 Å². The number of hydrazone groups is 1. The summed E-state index contributed by atoms with van der Waals surface area (Å²) in [6.45, 7) is 2.57. The van der Waals surface area contributed by atoms with Crippen molar-refractivity contribution in [1.29, 1.82) is 0 Å². The molecule has 1 amide bonds. The summed E-state index contributed by atoms with van der Waals surface area (Å²) in [5.41, 5.74) is 3.93. The van der Waals surface area contributed by atoms with Crippen molar-refractivity contribution in [1.82, 2.24) is 5.43 Å². The van der Waals surface area contributed by atoms with Crippen LogP contribution < -0.4 is 10.2 Å². The molecule has 0 fully saturated rings. The van der Waals surface area contributed by atoms with E-state index in [-0.39, 0.29) is 5.91 Å². The summed E-state index contributed by atoms with van der Waals surface area (Å²) < 4.78 is 6.28. The fraction of sp³-hybridized carbons (Fsp3) is 0.125. The van der Waals surface area contributed by atoms with Crippen molar-refractivity contribution in [3.8, 4) is 5.75 Å². The Morgan fingerprint density at radius 2 is 1.86 bits per heavy atom. The van der Waals surface area contributed by atoms with Crippen molar-refractivity contribution in [2.45, 2.75) is 6.92 Å². The van der Waals surface area contributed by atoms with Gasteiger partial charge >= 0.3 is 0 Å². The highest BCUT2D eigenvalue weighted by Gasteiger charge is 2.02. The molecule has 0 radical (unpaired) electrons. The maximum atomic E-state index is 11.8. The number of halogens is 1. The highest BCUT2D eigenvalue weighted by atomic mass is 79.9. The lowest BCUT2D eigenvalue weighted by Gasteiger charge is -2.02. The first-order chi connectivity index (χ1) is 10.2. The largest absolute Gasteiger partial charge is 0.494 e. The lowest BCUT2D eigenvalue weighted by molar-refractivity contribution is 0.0955. The van der Waals surface area contributed by atoms with E-state index in [1.54, 1.807) is 18.3 Å². The Kier molecular flexibility index (Phi) is 5.51. The van der Waals surface area contributed by atoms with E-state index in [1.165, 1.54) is 0 Å². The number of nitrogens with zero attached hydrogens (tertiary/aromatic N) is 1. The molecular weight excluding hydrogens is 332 g/mol. The normalized spacial score (nSPS) is 10.6. The van der Waals surface area contributed by atoms with Gasteiger partial charge < -0.3 is 4.74 Å². The molecule has 0 spiro atoms. The third-order valence-corrected chi connectivity index (χ3v) is 3.21. The zero-order valence-electron chi connectivity index (χ0n) is 11.5. The Labute approximate surface area is 132 Å². The fourth-order valence-electron chi connectivity index (χ4n) is 1.65. The molecular formula is C16H15BrN2O2. The van der Waals surface area contributed by atoms with Gasteiger partial charge in [0.25, 0.3) is 5.91 Å². The molecule has 2 rings (SSSR count). The van der Waals surface area contributed by atoms with Crippen molar-refractivity contribution < 1.29 is 9.53 Å². The number of carbonyl (C=O) groups excluding carboxylic acids is 1. The highest BCUT2D eigenvalue weighted by Crippen LogP contribution is 2.11. The van der Waals surface area contributed by atoms with Crippen LogP contribution in [0.1, 0.15) is 22.8 Å². The van der Waals surface area contributed by atoms with Crippen LogP contribution in [0.25, 0.3) is 0 Å². The van der Waals surface area contributed by atoms with Crippen molar-refractivity contribution in [3.05, 3.63) is 64.1 Å². The number of carbonyl (C=O) groups is 1. The molecule has 0 saturated heterocycles. The van der Waals surface area contributed by atoms with Crippen molar-refractivity contribution in [2.24, 2.45) is 5.10 Å². The standard InChI is InChI=1S/C16H15BrN2O2/c1-2-21-15-9-3-12(4-10-15)11-18-19-16(20)13-5-7-14(17)8-6-13/h3-11H,2H2,1H3,(H,19,20)/b18-11-. The van der Waals surface area contributed by atoms with E-state index in [0.29, 0.717) is 12.2 Å².